The van der Waals surface area contributed by atoms with Crippen LogP contribution in [0.1, 0.15) is 45.9 Å². The van der Waals surface area contributed by atoms with Crippen LogP contribution >= 0.6 is 11.5 Å². The Morgan fingerprint density at radius 2 is 2.00 bits per heavy atom. The number of rotatable bonds is 9. The van der Waals surface area contributed by atoms with E-state index in [4.69, 9.17) is 4.99 Å². The smallest absolute Gasteiger partial charge is 0.205 e. The van der Waals surface area contributed by atoms with Gasteiger partial charge >= 0.3 is 0 Å². The lowest BCUT2D eigenvalue weighted by atomic mass is 10.0. The molecule has 0 bridgehead atoms. The number of aliphatic hydroxyl groups is 1. The van der Waals surface area contributed by atoms with Crippen LogP contribution in [-0.2, 0) is 6.42 Å². The van der Waals surface area contributed by atoms with Crippen molar-refractivity contribution in [2.24, 2.45) is 10.9 Å². The van der Waals surface area contributed by atoms with Gasteiger partial charge in [0.25, 0.3) is 0 Å². The molecule has 2 rings (SSSR count). The van der Waals surface area contributed by atoms with Crippen LogP contribution in [0.4, 0.5) is 5.13 Å². The van der Waals surface area contributed by atoms with Gasteiger partial charge in [-0.25, -0.2) is 4.98 Å². The number of aryl methyl sites for hydroxylation is 1. The number of aliphatic imine (C=N–C) groups is 1. The summed E-state index contributed by atoms with van der Waals surface area (Å²) in [5.74, 6) is 2.40. The van der Waals surface area contributed by atoms with Crippen molar-refractivity contribution in [3.05, 3.63) is 5.82 Å². The maximum Gasteiger partial charge on any atom is 0.205 e. The second-order valence-electron chi connectivity index (χ2n) is 6.68. The first-order valence-corrected chi connectivity index (χ1v) is 10.7. The van der Waals surface area contributed by atoms with E-state index >= 15 is 0 Å². The average molecular weight is 383 g/mol. The van der Waals surface area contributed by atoms with E-state index in [2.05, 4.69) is 45.2 Å². The number of hydrogen-bond donors (Lipinski definition) is 2. The van der Waals surface area contributed by atoms with Gasteiger partial charge in [-0.2, -0.15) is 4.37 Å². The van der Waals surface area contributed by atoms with Gasteiger partial charge < -0.3 is 20.2 Å². The zero-order valence-corrected chi connectivity index (χ0v) is 17.3. The molecule has 1 aliphatic rings. The van der Waals surface area contributed by atoms with E-state index in [9.17, 15) is 5.11 Å². The number of guanidine groups is 1. The molecule has 0 saturated carbocycles. The van der Waals surface area contributed by atoms with Crippen LogP contribution in [0, 0.1) is 5.92 Å². The molecule has 8 heteroatoms. The molecule has 0 spiro atoms. The SMILES string of the molecule is CCCC(CCO)CN=C(NCC)N1CCN(c2nc(CC)ns2)CC1. The average Bonchev–Trinajstić information content (AvgIpc) is 3.15. The van der Waals surface area contributed by atoms with Gasteiger partial charge in [-0.1, -0.05) is 20.3 Å². The zero-order chi connectivity index (χ0) is 18.8. The molecule has 1 atom stereocenters. The summed E-state index contributed by atoms with van der Waals surface area (Å²) in [5.41, 5.74) is 0. The lowest BCUT2D eigenvalue weighted by Crippen LogP contribution is -2.52. The van der Waals surface area contributed by atoms with Crippen LogP contribution in [0.3, 0.4) is 0 Å². The summed E-state index contributed by atoms with van der Waals surface area (Å²) in [6.45, 7) is 12.0. The zero-order valence-electron chi connectivity index (χ0n) is 16.4. The molecular formula is C18H34N6OS. The molecule has 1 saturated heterocycles. The Morgan fingerprint density at radius 3 is 2.58 bits per heavy atom. The van der Waals surface area contributed by atoms with E-state index in [0.29, 0.717) is 5.92 Å². The fraction of sp³-hybridized carbons (Fsp3) is 0.833. The molecule has 7 nitrogen and oxygen atoms in total. The normalized spacial score (nSPS) is 16.8. The Kier molecular flexibility index (Phi) is 9.11. The van der Waals surface area contributed by atoms with Gasteiger partial charge in [-0.15, -0.1) is 0 Å². The highest BCUT2D eigenvalue weighted by Gasteiger charge is 2.22. The molecule has 2 heterocycles. The van der Waals surface area contributed by atoms with E-state index in [1.165, 1.54) is 11.5 Å². The van der Waals surface area contributed by atoms with E-state index in [-0.39, 0.29) is 6.61 Å². The molecule has 26 heavy (non-hydrogen) atoms. The number of aliphatic hydroxyl groups excluding tert-OH is 1. The molecular weight excluding hydrogens is 348 g/mol. The van der Waals surface area contributed by atoms with E-state index < -0.39 is 0 Å². The second-order valence-corrected chi connectivity index (χ2v) is 7.41. The van der Waals surface area contributed by atoms with Crippen molar-refractivity contribution < 1.29 is 5.11 Å². The quantitative estimate of drug-likeness (QED) is 0.502. The first-order valence-electron chi connectivity index (χ1n) is 9.93. The summed E-state index contributed by atoms with van der Waals surface area (Å²) in [6.07, 6.45) is 3.98. The van der Waals surface area contributed by atoms with Crippen LogP contribution in [0.15, 0.2) is 4.99 Å². The molecule has 0 aliphatic carbocycles. The molecule has 1 fully saturated rings. The van der Waals surface area contributed by atoms with Crippen molar-refractivity contribution >= 4 is 22.6 Å². The van der Waals surface area contributed by atoms with Crippen molar-refractivity contribution in [1.82, 2.24) is 19.6 Å². The number of piperazine rings is 1. The van der Waals surface area contributed by atoms with Crippen LogP contribution in [0.2, 0.25) is 0 Å². The molecule has 2 N–H and O–H groups in total. The summed E-state index contributed by atoms with van der Waals surface area (Å²) in [7, 11) is 0. The van der Waals surface area contributed by atoms with Crippen molar-refractivity contribution in [3.63, 3.8) is 0 Å². The van der Waals surface area contributed by atoms with Crippen molar-refractivity contribution in [1.29, 1.82) is 0 Å². The highest BCUT2D eigenvalue weighted by atomic mass is 32.1. The molecule has 0 amide bonds. The van der Waals surface area contributed by atoms with Gasteiger partial charge in [0.05, 0.1) is 0 Å². The predicted octanol–water partition coefficient (Wildman–Crippen LogP) is 1.99. The van der Waals surface area contributed by atoms with Crippen molar-refractivity contribution in [3.8, 4) is 0 Å². The van der Waals surface area contributed by atoms with Crippen LogP contribution in [-0.4, -0.2) is 71.2 Å². The standard InChI is InChI=1S/C18H34N6OS/c1-4-7-15(8-13-25)14-20-17(19-6-3)23-9-11-24(12-10-23)18-21-16(5-2)22-26-18/h15,25H,4-14H2,1-3H3,(H,19,20). The molecule has 1 unspecified atom stereocenters. The van der Waals surface area contributed by atoms with Gasteiger partial charge in [-0.3, -0.25) is 4.99 Å². The highest BCUT2D eigenvalue weighted by molar-refractivity contribution is 7.09. The summed E-state index contributed by atoms with van der Waals surface area (Å²) >= 11 is 1.50. The van der Waals surface area contributed by atoms with Gasteiger partial charge in [0.15, 0.2) is 5.96 Å². The number of anilines is 1. The monoisotopic (exact) mass is 382 g/mol. The molecule has 0 radical (unpaired) electrons. The number of nitrogens with zero attached hydrogens (tertiary/aromatic N) is 5. The summed E-state index contributed by atoms with van der Waals surface area (Å²) in [4.78, 5) is 14.1. The van der Waals surface area contributed by atoms with Gasteiger partial charge in [0.2, 0.25) is 5.13 Å². The Hall–Kier alpha value is -1.41. The van der Waals surface area contributed by atoms with E-state index in [1.807, 2.05) is 0 Å². The molecule has 1 aliphatic heterocycles. The topological polar surface area (TPSA) is 76.9 Å². The summed E-state index contributed by atoms with van der Waals surface area (Å²) in [6, 6.07) is 0. The minimum absolute atomic E-state index is 0.247. The third-order valence-corrected chi connectivity index (χ3v) is 5.51. The fourth-order valence-electron chi connectivity index (χ4n) is 3.19. The Morgan fingerprint density at radius 1 is 1.23 bits per heavy atom. The number of nitrogens with one attached hydrogen (secondary N) is 1. The Bertz CT molecular complexity index is 536. The highest BCUT2D eigenvalue weighted by Crippen LogP contribution is 2.19. The second kappa shape index (κ2) is 11.3. The summed E-state index contributed by atoms with van der Waals surface area (Å²) in [5, 5.41) is 13.7. The van der Waals surface area contributed by atoms with Crippen molar-refractivity contribution in [2.75, 3.05) is 50.8 Å². The lowest BCUT2D eigenvalue weighted by molar-refractivity contribution is 0.253. The first kappa shape index (κ1) is 20.9. The number of hydrogen-bond acceptors (Lipinski definition) is 6. The largest absolute Gasteiger partial charge is 0.396 e. The van der Waals surface area contributed by atoms with Gasteiger partial charge in [0, 0.05) is 63.8 Å². The molecule has 148 valence electrons. The third-order valence-electron chi connectivity index (χ3n) is 4.69. The van der Waals surface area contributed by atoms with Gasteiger partial charge in [0.1, 0.15) is 5.82 Å². The van der Waals surface area contributed by atoms with Crippen LogP contribution < -0.4 is 10.2 Å². The molecule has 0 aromatic carbocycles. The molecule has 1 aromatic rings. The Balaban J connectivity index is 1.92. The number of aromatic nitrogens is 2. The molecule has 1 aromatic heterocycles. The van der Waals surface area contributed by atoms with E-state index in [0.717, 1.165) is 81.9 Å². The third kappa shape index (κ3) is 6.09. The predicted molar refractivity (Wildman–Crippen MR) is 109 cm³/mol. The van der Waals surface area contributed by atoms with Crippen molar-refractivity contribution in [2.45, 2.75) is 46.5 Å². The van der Waals surface area contributed by atoms with E-state index in [1.54, 1.807) is 0 Å². The van der Waals surface area contributed by atoms with Crippen LogP contribution in [0.25, 0.3) is 0 Å². The minimum Gasteiger partial charge on any atom is -0.396 e. The maximum atomic E-state index is 9.25. The van der Waals surface area contributed by atoms with Gasteiger partial charge in [-0.05, 0) is 25.7 Å². The maximum absolute atomic E-state index is 9.25. The fourth-order valence-corrected chi connectivity index (χ4v) is 3.99. The minimum atomic E-state index is 0.247. The lowest BCUT2D eigenvalue weighted by Gasteiger charge is -2.36. The summed E-state index contributed by atoms with van der Waals surface area (Å²) < 4.78 is 4.40. The first-order chi connectivity index (χ1) is 12.7. The Labute approximate surface area is 161 Å². The van der Waals surface area contributed by atoms with Crippen LogP contribution in [0.5, 0.6) is 0 Å².